The van der Waals surface area contributed by atoms with Crippen molar-refractivity contribution in [1.82, 2.24) is 9.97 Å². The van der Waals surface area contributed by atoms with E-state index in [9.17, 15) is 0 Å². The van der Waals surface area contributed by atoms with Crippen molar-refractivity contribution in [3.05, 3.63) is 48.0 Å². The molecule has 0 saturated carbocycles. The number of piperidine rings is 1. The van der Waals surface area contributed by atoms with Gasteiger partial charge < -0.3 is 19.7 Å². The largest absolute Gasteiger partial charge is 0.493 e. The van der Waals surface area contributed by atoms with Crippen LogP contribution in [0.3, 0.4) is 0 Å². The Labute approximate surface area is 165 Å². The molecule has 1 aliphatic rings. The maximum atomic E-state index is 5.51. The van der Waals surface area contributed by atoms with E-state index in [0.29, 0.717) is 24.0 Å². The third-order valence-electron chi connectivity index (χ3n) is 5.13. The molecule has 2 heterocycles. The molecule has 0 aliphatic carbocycles. The van der Waals surface area contributed by atoms with Gasteiger partial charge in [-0.3, -0.25) is 0 Å². The van der Waals surface area contributed by atoms with Crippen LogP contribution in [-0.4, -0.2) is 37.3 Å². The summed E-state index contributed by atoms with van der Waals surface area (Å²) in [4.78, 5) is 12.0. The van der Waals surface area contributed by atoms with Gasteiger partial charge in [0.25, 0.3) is 0 Å². The zero-order valence-corrected chi connectivity index (χ0v) is 16.4. The highest BCUT2D eigenvalue weighted by molar-refractivity contribution is 5.93. The third-order valence-corrected chi connectivity index (χ3v) is 5.13. The second-order valence-electron chi connectivity index (χ2n) is 6.98. The zero-order chi connectivity index (χ0) is 19.3. The average Bonchev–Trinajstić information content (AvgIpc) is 2.77. The van der Waals surface area contributed by atoms with Crippen LogP contribution in [0.15, 0.2) is 42.5 Å². The van der Waals surface area contributed by atoms with Gasteiger partial charge >= 0.3 is 0 Å². The minimum absolute atomic E-state index is 0.629. The van der Waals surface area contributed by atoms with Crippen molar-refractivity contribution in [3.8, 4) is 11.5 Å². The van der Waals surface area contributed by atoms with Crippen molar-refractivity contribution < 1.29 is 9.47 Å². The summed E-state index contributed by atoms with van der Waals surface area (Å²) in [5, 5.41) is 4.37. The number of ether oxygens (including phenoxy) is 2. The van der Waals surface area contributed by atoms with Crippen LogP contribution in [0, 0.1) is 0 Å². The first kappa shape index (κ1) is 18.3. The SMILES string of the molecule is COc1cc2nc(NCc3ccccc3)nc(N3CCCCC3)c2cc1OC. The Balaban J connectivity index is 1.75. The molecule has 0 unspecified atom stereocenters. The van der Waals surface area contributed by atoms with Crippen LogP contribution in [0.5, 0.6) is 11.5 Å². The zero-order valence-electron chi connectivity index (χ0n) is 16.4. The molecule has 1 saturated heterocycles. The van der Waals surface area contributed by atoms with Crippen molar-refractivity contribution in [2.45, 2.75) is 25.8 Å². The summed E-state index contributed by atoms with van der Waals surface area (Å²) < 4.78 is 11.0. The van der Waals surface area contributed by atoms with Gasteiger partial charge in [-0.2, -0.15) is 4.98 Å². The van der Waals surface area contributed by atoms with Gasteiger partial charge in [-0.1, -0.05) is 30.3 Å². The summed E-state index contributed by atoms with van der Waals surface area (Å²) in [6.45, 7) is 2.70. The van der Waals surface area contributed by atoms with E-state index in [1.165, 1.54) is 24.8 Å². The topological polar surface area (TPSA) is 59.5 Å². The van der Waals surface area contributed by atoms with Gasteiger partial charge in [0.1, 0.15) is 5.82 Å². The quantitative estimate of drug-likeness (QED) is 0.692. The van der Waals surface area contributed by atoms with Crippen molar-refractivity contribution in [3.63, 3.8) is 0 Å². The van der Waals surface area contributed by atoms with E-state index in [2.05, 4.69) is 22.3 Å². The van der Waals surface area contributed by atoms with E-state index in [4.69, 9.17) is 19.4 Å². The molecule has 0 spiro atoms. The highest BCUT2D eigenvalue weighted by atomic mass is 16.5. The molecule has 0 radical (unpaired) electrons. The van der Waals surface area contributed by atoms with E-state index in [1.807, 2.05) is 30.3 Å². The van der Waals surface area contributed by atoms with Gasteiger partial charge in [0, 0.05) is 31.1 Å². The smallest absolute Gasteiger partial charge is 0.225 e. The van der Waals surface area contributed by atoms with Gasteiger partial charge in [0.15, 0.2) is 11.5 Å². The Morgan fingerprint density at radius 2 is 1.64 bits per heavy atom. The van der Waals surface area contributed by atoms with E-state index in [1.54, 1.807) is 14.2 Å². The molecule has 28 heavy (non-hydrogen) atoms. The third kappa shape index (κ3) is 3.81. The first-order chi connectivity index (χ1) is 13.8. The maximum absolute atomic E-state index is 5.51. The molecule has 0 bridgehead atoms. The van der Waals surface area contributed by atoms with Crippen LogP contribution in [0.2, 0.25) is 0 Å². The summed E-state index contributed by atoms with van der Waals surface area (Å²) in [6, 6.07) is 14.2. The first-order valence-corrected chi connectivity index (χ1v) is 9.75. The summed E-state index contributed by atoms with van der Waals surface area (Å²) in [7, 11) is 3.30. The fourth-order valence-electron chi connectivity index (χ4n) is 3.64. The molecule has 0 amide bonds. The van der Waals surface area contributed by atoms with Gasteiger partial charge in [0.05, 0.1) is 19.7 Å². The minimum Gasteiger partial charge on any atom is -0.493 e. The number of aromatic nitrogens is 2. The van der Waals surface area contributed by atoms with Crippen molar-refractivity contribution in [2.24, 2.45) is 0 Å². The lowest BCUT2D eigenvalue weighted by atomic mass is 10.1. The Bertz CT molecular complexity index is 940. The van der Waals surface area contributed by atoms with Crippen LogP contribution in [0.25, 0.3) is 10.9 Å². The first-order valence-electron chi connectivity index (χ1n) is 9.75. The molecule has 1 aromatic heterocycles. The Morgan fingerprint density at radius 1 is 0.929 bits per heavy atom. The van der Waals surface area contributed by atoms with Crippen LogP contribution in [0.4, 0.5) is 11.8 Å². The van der Waals surface area contributed by atoms with E-state index in [0.717, 1.165) is 29.8 Å². The average molecular weight is 378 g/mol. The van der Waals surface area contributed by atoms with Crippen LogP contribution in [0.1, 0.15) is 24.8 Å². The molecule has 4 rings (SSSR count). The number of anilines is 2. The molecule has 1 fully saturated rings. The van der Waals surface area contributed by atoms with E-state index < -0.39 is 0 Å². The van der Waals surface area contributed by atoms with Crippen LogP contribution >= 0.6 is 0 Å². The normalized spacial score (nSPS) is 14.1. The van der Waals surface area contributed by atoms with E-state index >= 15 is 0 Å². The molecular weight excluding hydrogens is 352 g/mol. The summed E-state index contributed by atoms with van der Waals surface area (Å²) in [5.74, 6) is 2.96. The van der Waals surface area contributed by atoms with Gasteiger partial charge in [-0.05, 0) is 30.9 Å². The van der Waals surface area contributed by atoms with Crippen LogP contribution < -0.4 is 19.7 Å². The van der Waals surface area contributed by atoms with Gasteiger partial charge in [-0.25, -0.2) is 4.98 Å². The van der Waals surface area contributed by atoms with Crippen molar-refractivity contribution in [2.75, 3.05) is 37.5 Å². The second-order valence-corrected chi connectivity index (χ2v) is 6.98. The molecule has 0 atom stereocenters. The molecule has 6 heteroatoms. The fraction of sp³-hybridized carbons (Fsp3) is 0.364. The number of nitrogens with zero attached hydrogens (tertiary/aromatic N) is 3. The number of hydrogen-bond donors (Lipinski definition) is 1. The summed E-state index contributed by atoms with van der Waals surface area (Å²) >= 11 is 0. The lowest BCUT2D eigenvalue weighted by Crippen LogP contribution is -2.30. The number of fused-ring (bicyclic) bond motifs is 1. The lowest BCUT2D eigenvalue weighted by Gasteiger charge is -2.29. The fourth-order valence-corrected chi connectivity index (χ4v) is 3.64. The number of nitrogens with one attached hydrogen (secondary N) is 1. The summed E-state index contributed by atoms with van der Waals surface area (Å²) in [6.07, 6.45) is 3.65. The number of hydrogen-bond acceptors (Lipinski definition) is 6. The van der Waals surface area contributed by atoms with Gasteiger partial charge in [-0.15, -0.1) is 0 Å². The lowest BCUT2D eigenvalue weighted by molar-refractivity contribution is 0.356. The number of rotatable bonds is 6. The number of benzene rings is 2. The Hall–Kier alpha value is -3.02. The molecular formula is C22H26N4O2. The molecule has 1 N–H and O–H groups in total. The minimum atomic E-state index is 0.629. The van der Waals surface area contributed by atoms with Gasteiger partial charge in [0.2, 0.25) is 5.95 Å². The van der Waals surface area contributed by atoms with Crippen molar-refractivity contribution in [1.29, 1.82) is 0 Å². The second kappa shape index (κ2) is 8.33. The maximum Gasteiger partial charge on any atom is 0.225 e. The predicted octanol–water partition coefficient (Wildman–Crippen LogP) is 4.25. The van der Waals surface area contributed by atoms with Crippen molar-refractivity contribution >= 4 is 22.7 Å². The Morgan fingerprint density at radius 3 is 2.36 bits per heavy atom. The van der Waals surface area contributed by atoms with E-state index in [-0.39, 0.29) is 0 Å². The monoisotopic (exact) mass is 378 g/mol. The highest BCUT2D eigenvalue weighted by Crippen LogP contribution is 2.36. The standard InChI is InChI=1S/C22H26N4O2/c1-27-19-13-17-18(14-20(19)28-2)24-22(23-15-16-9-5-3-6-10-16)25-21(17)26-11-7-4-8-12-26/h3,5-6,9-10,13-14H,4,7-8,11-12,15H2,1-2H3,(H,23,24,25). The van der Waals surface area contributed by atoms with Crippen LogP contribution in [-0.2, 0) is 6.54 Å². The molecule has 146 valence electrons. The number of methoxy groups -OCH3 is 2. The highest BCUT2D eigenvalue weighted by Gasteiger charge is 2.19. The summed E-state index contributed by atoms with van der Waals surface area (Å²) in [5.41, 5.74) is 2.04. The molecule has 3 aromatic rings. The molecule has 1 aliphatic heterocycles. The molecule has 2 aromatic carbocycles. The predicted molar refractivity (Wildman–Crippen MR) is 112 cm³/mol. The molecule has 6 nitrogen and oxygen atoms in total. The Kier molecular flexibility index (Phi) is 5.46.